The molecule has 11 nitrogen and oxygen atoms in total. The van der Waals surface area contributed by atoms with Crippen LogP contribution in [0.5, 0.6) is 11.8 Å². The lowest BCUT2D eigenvalue weighted by atomic mass is 9.95. The number of hydrogen-bond donors (Lipinski definition) is 0. The minimum atomic E-state index is -0.742. The fourth-order valence-corrected chi connectivity index (χ4v) is 7.68. The fraction of sp³-hybridized carbons (Fsp3) is 0.487. The Hall–Kier alpha value is -4.80. The smallest absolute Gasteiger partial charge is 0.410 e. The number of likely N-dealkylation sites (N-methyl/N-ethyl adjacent to an activating group) is 1. The predicted octanol–water partition coefficient (Wildman–Crippen LogP) is 6.54. The highest BCUT2D eigenvalue weighted by Crippen LogP contribution is 2.41. The highest BCUT2D eigenvalue weighted by atomic mass is 19.1. The standard InChI is InChI=1S/C39H44F2N6O5/c1-7-28-31(40)14-11-23-16-27(51-22-49-6)17-29(32(23)28)34-33(41)35-30(18-42-34)36(44-37(43-35)50-21-26-10-8-9-15-45(26)5)46-19-24-12-13-25(20-46)47(24)38(48)52-39(2,3)4/h1,11,14,16-18,24-26H,8-10,12-13,15,19-22H2,2-6H3/t24-,25+,26-/m0/s1. The first kappa shape index (κ1) is 35.6. The summed E-state index contributed by atoms with van der Waals surface area (Å²) in [6.45, 7) is 7.74. The summed E-state index contributed by atoms with van der Waals surface area (Å²) < 4.78 is 55.1. The quantitative estimate of drug-likeness (QED) is 0.148. The molecule has 0 N–H and O–H groups in total. The lowest BCUT2D eigenvalue weighted by Crippen LogP contribution is -2.57. The zero-order valence-electron chi connectivity index (χ0n) is 30.2. The zero-order chi connectivity index (χ0) is 36.7. The Morgan fingerprint density at radius 1 is 1.06 bits per heavy atom. The number of likely N-dealkylation sites (tertiary alicyclic amines) is 1. The maximum Gasteiger partial charge on any atom is 0.410 e. The van der Waals surface area contributed by atoms with Crippen molar-refractivity contribution in [2.45, 2.75) is 76.6 Å². The molecule has 2 aromatic carbocycles. The van der Waals surface area contributed by atoms with E-state index in [1.54, 1.807) is 18.2 Å². The molecule has 0 saturated carbocycles. The average molecular weight is 715 g/mol. The molecule has 7 rings (SSSR count). The number of halogens is 2. The van der Waals surface area contributed by atoms with E-state index in [0.29, 0.717) is 47.4 Å². The van der Waals surface area contributed by atoms with Crippen LogP contribution >= 0.6 is 0 Å². The fourth-order valence-electron chi connectivity index (χ4n) is 7.68. The van der Waals surface area contributed by atoms with Crippen LogP contribution in [0, 0.1) is 24.0 Å². The minimum Gasteiger partial charge on any atom is -0.468 e. The van der Waals surface area contributed by atoms with Gasteiger partial charge in [0.25, 0.3) is 0 Å². The van der Waals surface area contributed by atoms with Gasteiger partial charge in [0.2, 0.25) is 0 Å². The summed E-state index contributed by atoms with van der Waals surface area (Å²) in [5, 5.41) is 1.24. The van der Waals surface area contributed by atoms with Crippen LogP contribution in [-0.2, 0) is 9.47 Å². The highest BCUT2D eigenvalue weighted by molar-refractivity contribution is 6.03. The number of terminal acetylenes is 1. The molecule has 5 heterocycles. The number of carbonyl (C=O) groups is 1. The number of rotatable bonds is 8. The van der Waals surface area contributed by atoms with E-state index in [1.807, 2.05) is 25.7 Å². The largest absolute Gasteiger partial charge is 0.468 e. The molecule has 0 unspecified atom stereocenters. The van der Waals surface area contributed by atoms with Crippen LogP contribution in [0.15, 0.2) is 30.5 Å². The molecule has 52 heavy (non-hydrogen) atoms. The summed E-state index contributed by atoms with van der Waals surface area (Å²) in [5.74, 6) is 1.91. The van der Waals surface area contributed by atoms with Crippen molar-refractivity contribution in [2.75, 3.05) is 52.1 Å². The second-order valence-electron chi connectivity index (χ2n) is 14.8. The molecule has 2 bridgehead atoms. The minimum absolute atomic E-state index is 0.000980. The number of carbonyl (C=O) groups excluding carboxylic acids is 1. The van der Waals surface area contributed by atoms with Crippen molar-refractivity contribution < 1.29 is 32.5 Å². The van der Waals surface area contributed by atoms with Gasteiger partial charge in [-0.15, -0.1) is 6.42 Å². The van der Waals surface area contributed by atoms with Gasteiger partial charge in [0.15, 0.2) is 12.6 Å². The van der Waals surface area contributed by atoms with Crippen molar-refractivity contribution in [3.8, 4) is 35.4 Å². The Morgan fingerprint density at radius 3 is 2.52 bits per heavy atom. The number of hydrogen-bond acceptors (Lipinski definition) is 10. The normalized spacial score (nSPS) is 20.7. The number of pyridine rings is 1. The van der Waals surface area contributed by atoms with Crippen molar-refractivity contribution in [2.24, 2.45) is 0 Å². The maximum absolute atomic E-state index is 17.2. The number of piperazine rings is 1. The van der Waals surface area contributed by atoms with E-state index in [2.05, 4.69) is 32.7 Å². The number of anilines is 1. The van der Waals surface area contributed by atoms with Crippen molar-refractivity contribution in [1.29, 1.82) is 0 Å². The summed E-state index contributed by atoms with van der Waals surface area (Å²) in [6.07, 6.45) is 11.8. The van der Waals surface area contributed by atoms with E-state index in [0.717, 1.165) is 38.6 Å². The number of aromatic nitrogens is 3. The molecule has 3 aliphatic rings. The SMILES string of the molecule is C#Cc1c(F)ccc2cc(OCOC)cc(-c3ncc4c(N5C[C@H]6CC[C@@H](C5)N6C(=O)OC(C)(C)C)nc(OC[C@@H]5CCCCN5C)nc4c3F)c12. The van der Waals surface area contributed by atoms with Gasteiger partial charge >= 0.3 is 12.1 Å². The van der Waals surface area contributed by atoms with Crippen LogP contribution in [0.3, 0.4) is 0 Å². The van der Waals surface area contributed by atoms with Crippen LogP contribution in [-0.4, -0.2) is 102 Å². The lowest BCUT2D eigenvalue weighted by Gasteiger charge is -2.42. The van der Waals surface area contributed by atoms with Gasteiger partial charge in [0, 0.05) is 43.4 Å². The Kier molecular flexibility index (Phi) is 9.80. The van der Waals surface area contributed by atoms with E-state index < -0.39 is 17.2 Å². The van der Waals surface area contributed by atoms with Crippen LogP contribution in [0.1, 0.15) is 58.4 Å². The predicted molar refractivity (Wildman–Crippen MR) is 193 cm³/mol. The molecule has 3 aliphatic heterocycles. The summed E-state index contributed by atoms with van der Waals surface area (Å²) in [5.41, 5.74) is -0.483. The summed E-state index contributed by atoms with van der Waals surface area (Å²) in [7, 11) is 3.56. The molecular weight excluding hydrogens is 670 g/mol. The molecular formula is C39H44F2N6O5. The summed E-state index contributed by atoms with van der Waals surface area (Å²) in [6, 6.07) is 6.07. The monoisotopic (exact) mass is 714 g/mol. The van der Waals surface area contributed by atoms with E-state index in [1.165, 1.54) is 19.4 Å². The first-order valence-corrected chi connectivity index (χ1v) is 17.8. The number of fused-ring (bicyclic) bond motifs is 4. The van der Waals surface area contributed by atoms with Crippen LogP contribution in [0.2, 0.25) is 0 Å². The van der Waals surface area contributed by atoms with Gasteiger partial charge < -0.3 is 28.7 Å². The van der Waals surface area contributed by atoms with E-state index in [-0.39, 0.29) is 59.4 Å². The third-order valence-corrected chi connectivity index (χ3v) is 10.1. The van der Waals surface area contributed by atoms with Gasteiger partial charge in [-0.25, -0.2) is 13.6 Å². The van der Waals surface area contributed by atoms with Gasteiger partial charge in [-0.2, -0.15) is 9.97 Å². The molecule has 0 spiro atoms. The first-order chi connectivity index (χ1) is 25.0. The van der Waals surface area contributed by atoms with Crippen molar-refractivity contribution in [3.63, 3.8) is 0 Å². The number of amides is 1. The number of nitrogens with zero attached hydrogens (tertiary/aromatic N) is 6. The molecule has 13 heteroatoms. The van der Waals surface area contributed by atoms with Gasteiger partial charge in [-0.1, -0.05) is 18.4 Å². The number of benzene rings is 2. The first-order valence-electron chi connectivity index (χ1n) is 17.8. The van der Waals surface area contributed by atoms with E-state index in [9.17, 15) is 4.79 Å². The van der Waals surface area contributed by atoms with E-state index >= 15 is 8.78 Å². The Morgan fingerprint density at radius 2 is 1.83 bits per heavy atom. The molecule has 3 saturated heterocycles. The number of piperidine rings is 1. The third-order valence-electron chi connectivity index (χ3n) is 10.1. The molecule has 2 aromatic heterocycles. The van der Waals surface area contributed by atoms with Crippen molar-refractivity contribution in [1.82, 2.24) is 24.8 Å². The lowest BCUT2D eigenvalue weighted by molar-refractivity contribution is 0.0122. The van der Waals surface area contributed by atoms with E-state index in [4.69, 9.17) is 30.4 Å². The molecule has 274 valence electrons. The van der Waals surface area contributed by atoms with Crippen LogP contribution < -0.4 is 14.4 Å². The van der Waals surface area contributed by atoms with Crippen molar-refractivity contribution in [3.05, 3.63) is 47.7 Å². The van der Waals surface area contributed by atoms with Gasteiger partial charge in [0.05, 0.1) is 23.0 Å². The average Bonchev–Trinajstić information content (AvgIpc) is 3.38. The topological polar surface area (TPSA) is 102 Å². The molecule has 3 fully saturated rings. The third kappa shape index (κ3) is 6.89. The molecule has 1 amide bonds. The summed E-state index contributed by atoms with van der Waals surface area (Å²) in [4.78, 5) is 33.5. The Balaban J connectivity index is 1.34. The highest BCUT2D eigenvalue weighted by Gasteiger charge is 2.45. The molecule has 0 aliphatic carbocycles. The Bertz CT molecular complexity index is 2030. The van der Waals surface area contributed by atoms with Gasteiger partial charge in [-0.05, 0) is 83.6 Å². The molecule has 3 atom stereocenters. The second-order valence-corrected chi connectivity index (χ2v) is 14.8. The number of ether oxygens (including phenoxy) is 4. The molecule has 4 aromatic rings. The molecule has 0 radical (unpaired) electrons. The van der Waals surface area contributed by atoms with Gasteiger partial charge in [-0.3, -0.25) is 9.88 Å². The zero-order valence-corrected chi connectivity index (χ0v) is 30.2. The van der Waals surface area contributed by atoms with Crippen molar-refractivity contribution >= 4 is 33.6 Å². The second kappa shape index (κ2) is 14.3. The van der Waals surface area contributed by atoms with Crippen LogP contribution in [0.25, 0.3) is 32.9 Å². The van der Waals surface area contributed by atoms with Crippen LogP contribution in [0.4, 0.5) is 19.4 Å². The summed E-state index contributed by atoms with van der Waals surface area (Å²) >= 11 is 0. The Labute approximate surface area is 302 Å². The van der Waals surface area contributed by atoms with Gasteiger partial charge in [0.1, 0.15) is 40.8 Å². The number of methoxy groups -OCH3 is 1. The maximum atomic E-state index is 17.2.